The smallest absolute Gasteiger partial charge is 0.262 e. The van der Waals surface area contributed by atoms with E-state index in [4.69, 9.17) is 5.73 Å². The van der Waals surface area contributed by atoms with E-state index in [2.05, 4.69) is 5.32 Å². The Morgan fingerprint density at radius 3 is 2.57 bits per heavy atom. The Morgan fingerprint density at radius 1 is 1.13 bits per heavy atom. The average Bonchev–Trinajstić information content (AvgIpc) is 2.75. The molecule has 23 heavy (non-hydrogen) atoms. The molecule has 1 amide bonds. The fourth-order valence-electron chi connectivity index (χ4n) is 2.50. The van der Waals surface area contributed by atoms with Gasteiger partial charge in [-0.25, -0.2) is 8.42 Å². The van der Waals surface area contributed by atoms with Gasteiger partial charge < -0.3 is 11.1 Å². The Labute approximate surface area is 138 Å². The number of amides is 1. The van der Waals surface area contributed by atoms with Crippen LogP contribution < -0.4 is 11.1 Å². The number of carbonyl (C=O) groups excluding carboxylic acids is 1. The summed E-state index contributed by atoms with van der Waals surface area (Å²) in [5, 5.41) is 3.05. The molecule has 1 aliphatic rings. The van der Waals surface area contributed by atoms with Crippen LogP contribution in [0, 0.1) is 0 Å². The number of carbonyl (C=O) groups is 1. The van der Waals surface area contributed by atoms with Crippen molar-refractivity contribution in [2.45, 2.75) is 9.79 Å². The highest BCUT2D eigenvalue weighted by Crippen LogP contribution is 2.39. The van der Waals surface area contributed by atoms with Crippen molar-refractivity contribution in [2.24, 2.45) is 5.73 Å². The normalized spacial score (nSPS) is 15.3. The third-order valence-corrected chi connectivity index (χ3v) is 6.11. The molecule has 0 radical (unpaired) electrons. The number of sulfone groups is 1. The van der Waals surface area contributed by atoms with Crippen molar-refractivity contribution >= 4 is 38.9 Å². The summed E-state index contributed by atoms with van der Waals surface area (Å²) in [6.45, 7) is 0. The van der Waals surface area contributed by atoms with E-state index in [-0.39, 0.29) is 10.6 Å². The van der Waals surface area contributed by atoms with Crippen LogP contribution in [0.3, 0.4) is 0 Å². The first-order chi connectivity index (χ1) is 10.9. The molecule has 0 unspecified atom stereocenters. The van der Waals surface area contributed by atoms with Crippen LogP contribution in [0.4, 0.5) is 5.69 Å². The maximum atomic E-state index is 12.5. The lowest BCUT2D eigenvalue weighted by Gasteiger charge is -2.10. The first-order valence-corrected chi connectivity index (χ1v) is 9.45. The highest BCUT2D eigenvalue weighted by molar-refractivity contribution is 7.98. The van der Waals surface area contributed by atoms with Gasteiger partial charge in [-0.2, -0.15) is 0 Å². The number of nitrogens with one attached hydrogen (secondary N) is 1. The van der Waals surface area contributed by atoms with Gasteiger partial charge in [0.2, 0.25) is 9.84 Å². The Bertz CT molecular complexity index is 934. The molecule has 0 aliphatic carbocycles. The molecule has 0 saturated heterocycles. The van der Waals surface area contributed by atoms with Crippen molar-refractivity contribution in [1.29, 1.82) is 0 Å². The van der Waals surface area contributed by atoms with Crippen LogP contribution in [0.1, 0.15) is 5.56 Å². The molecule has 1 heterocycles. The van der Waals surface area contributed by atoms with E-state index in [0.29, 0.717) is 11.3 Å². The number of thioether (sulfide) groups is 1. The van der Waals surface area contributed by atoms with Gasteiger partial charge in [0.05, 0.1) is 10.6 Å². The zero-order valence-electron chi connectivity index (χ0n) is 12.2. The molecule has 2 aromatic carbocycles. The van der Waals surface area contributed by atoms with Crippen molar-refractivity contribution in [3.8, 4) is 0 Å². The van der Waals surface area contributed by atoms with Gasteiger partial charge >= 0.3 is 0 Å². The van der Waals surface area contributed by atoms with Gasteiger partial charge in [-0.05, 0) is 30.5 Å². The molecule has 0 bridgehead atoms. The molecule has 0 saturated carbocycles. The van der Waals surface area contributed by atoms with Crippen LogP contribution in [0.25, 0.3) is 5.70 Å². The lowest BCUT2D eigenvalue weighted by Crippen LogP contribution is -2.20. The average molecular weight is 346 g/mol. The van der Waals surface area contributed by atoms with E-state index in [1.807, 2.05) is 24.5 Å². The second-order valence-electron chi connectivity index (χ2n) is 4.92. The first-order valence-electron chi connectivity index (χ1n) is 6.75. The van der Waals surface area contributed by atoms with Crippen LogP contribution in [-0.2, 0) is 14.6 Å². The predicted molar refractivity (Wildman–Crippen MR) is 91.6 cm³/mol. The van der Waals surface area contributed by atoms with Crippen LogP contribution in [-0.4, -0.2) is 20.6 Å². The molecule has 0 atom stereocenters. The topological polar surface area (TPSA) is 89.3 Å². The van der Waals surface area contributed by atoms with E-state index in [1.54, 1.807) is 36.0 Å². The van der Waals surface area contributed by atoms with E-state index >= 15 is 0 Å². The van der Waals surface area contributed by atoms with Crippen molar-refractivity contribution in [1.82, 2.24) is 0 Å². The van der Waals surface area contributed by atoms with Crippen molar-refractivity contribution in [3.63, 3.8) is 0 Å². The third kappa shape index (κ3) is 2.62. The van der Waals surface area contributed by atoms with E-state index < -0.39 is 20.6 Å². The Kier molecular flexibility index (Phi) is 3.91. The van der Waals surface area contributed by atoms with Gasteiger partial charge in [0, 0.05) is 16.1 Å². The summed E-state index contributed by atoms with van der Waals surface area (Å²) in [6, 6.07) is 13.9. The van der Waals surface area contributed by atoms with Crippen LogP contribution >= 0.6 is 11.8 Å². The summed E-state index contributed by atoms with van der Waals surface area (Å²) in [7, 11) is -3.89. The summed E-state index contributed by atoms with van der Waals surface area (Å²) in [5.41, 5.74) is 6.71. The molecular weight excluding hydrogens is 332 g/mol. The lowest BCUT2D eigenvalue weighted by atomic mass is 10.1. The number of hydrogen-bond acceptors (Lipinski definition) is 5. The first kappa shape index (κ1) is 15.6. The van der Waals surface area contributed by atoms with Gasteiger partial charge in [-0.1, -0.05) is 24.3 Å². The van der Waals surface area contributed by atoms with Crippen molar-refractivity contribution in [3.05, 3.63) is 59.0 Å². The summed E-state index contributed by atoms with van der Waals surface area (Å²) in [6.07, 6.45) is 1.95. The molecule has 7 heteroatoms. The minimum absolute atomic E-state index is 0.0947. The molecule has 0 spiro atoms. The largest absolute Gasteiger partial charge is 0.365 e. The monoisotopic (exact) mass is 346 g/mol. The van der Waals surface area contributed by atoms with Gasteiger partial charge in [0.25, 0.3) is 5.91 Å². The van der Waals surface area contributed by atoms with E-state index in [0.717, 1.165) is 4.90 Å². The number of hydrogen-bond donors (Lipinski definition) is 2. The highest BCUT2D eigenvalue weighted by Gasteiger charge is 2.38. The SMILES string of the molecule is CSc1cccc(NC2=C(C(N)=O)S(=O)(=O)c3ccccc32)c1. The minimum atomic E-state index is -3.89. The van der Waals surface area contributed by atoms with Gasteiger partial charge in [0.15, 0.2) is 4.91 Å². The zero-order chi connectivity index (χ0) is 16.6. The van der Waals surface area contributed by atoms with Gasteiger partial charge in [-0.3, -0.25) is 4.79 Å². The molecular formula is C16H14N2O3S2. The fourth-order valence-corrected chi connectivity index (χ4v) is 4.59. The summed E-state index contributed by atoms with van der Waals surface area (Å²) < 4.78 is 25.1. The highest BCUT2D eigenvalue weighted by atomic mass is 32.2. The molecule has 1 aliphatic heterocycles. The molecule has 2 aromatic rings. The summed E-state index contributed by atoms with van der Waals surface area (Å²) >= 11 is 1.57. The molecule has 118 valence electrons. The number of anilines is 1. The number of rotatable bonds is 4. The number of fused-ring (bicyclic) bond motifs is 1. The summed E-state index contributed by atoms with van der Waals surface area (Å²) in [4.78, 5) is 12.5. The molecule has 0 aromatic heterocycles. The number of primary amides is 1. The Morgan fingerprint density at radius 2 is 1.87 bits per heavy atom. The van der Waals surface area contributed by atoms with E-state index in [1.165, 1.54) is 6.07 Å². The van der Waals surface area contributed by atoms with Crippen LogP contribution in [0.2, 0.25) is 0 Å². The van der Waals surface area contributed by atoms with Crippen molar-refractivity contribution in [2.75, 3.05) is 11.6 Å². The van der Waals surface area contributed by atoms with Crippen LogP contribution in [0.5, 0.6) is 0 Å². The third-order valence-electron chi connectivity index (χ3n) is 3.50. The Balaban J connectivity index is 2.17. The second-order valence-corrected chi connectivity index (χ2v) is 7.66. The number of benzene rings is 2. The minimum Gasteiger partial charge on any atom is -0.365 e. The zero-order valence-corrected chi connectivity index (χ0v) is 13.9. The molecule has 5 nitrogen and oxygen atoms in total. The molecule has 0 fully saturated rings. The second kappa shape index (κ2) is 5.75. The lowest BCUT2D eigenvalue weighted by molar-refractivity contribution is -0.113. The Hall–Kier alpha value is -2.25. The van der Waals surface area contributed by atoms with E-state index in [9.17, 15) is 13.2 Å². The van der Waals surface area contributed by atoms with Crippen molar-refractivity contribution < 1.29 is 13.2 Å². The number of nitrogens with two attached hydrogens (primary N) is 1. The maximum absolute atomic E-state index is 12.5. The van der Waals surface area contributed by atoms with Gasteiger partial charge in [0.1, 0.15) is 0 Å². The van der Waals surface area contributed by atoms with Crippen LogP contribution in [0.15, 0.2) is 63.2 Å². The molecule has 3 rings (SSSR count). The quantitative estimate of drug-likeness (QED) is 0.830. The molecule has 3 N–H and O–H groups in total. The summed E-state index contributed by atoms with van der Waals surface area (Å²) in [5.74, 6) is -0.968. The fraction of sp³-hybridized carbons (Fsp3) is 0.0625. The maximum Gasteiger partial charge on any atom is 0.262 e. The predicted octanol–water partition coefficient (Wildman–Crippen LogP) is 2.46. The standard InChI is InChI=1S/C16H14N2O3S2/c1-22-11-6-4-5-10(9-11)18-14-12-7-2-3-8-13(12)23(20,21)15(14)16(17)19/h2-9,18H,1H3,(H2,17,19). The van der Waals surface area contributed by atoms with Gasteiger partial charge in [-0.15, -0.1) is 11.8 Å².